The first-order valence-electron chi connectivity index (χ1n) is 10.1. The number of para-hydroxylation sites is 3. The molecule has 2 N–H and O–H groups in total. The minimum atomic E-state index is -2.64. The number of carbonyl (C=O) groups is 1. The summed E-state index contributed by atoms with van der Waals surface area (Å²) in [6.07, 6.45) is 1.50. The lowest BCUT2D eigenvalue weighted by Crippen LogP contribution is -2.46. The van der Waals surface area contributed by atoms with Crippen LogP contribution in [0.5, 0.6) is 0 Å². The monoisotopic (exact) mass is 413 g/mol. The van der Waals surface area contributed by atoms with Crippen LogP contribution >= 0.6 is 0 Å². The largest absolute Gasteiger partial charge is 0.335 e. The second kappa shape index (κ2) is 8.79. The number of aromatic nitrogens is 2. The number of fused-ring (bicyclic) bond motifs is 1. The maximum absolute atomic E-state index is 13.8. The van der Waals surface area contributed by atoms with Gasteiger partial charge in [-0.2, -0.15) is 8.78 Å². The molecule has 158 valence electrons. The van der Waals surface area contributed by atoms with Crippen molar-refractivity contribution in [2.75, 3.05) is 18.4 Å². The Kier molecular flexibility index (Phi) is 5.94. The lowest BCUT2D eigenvalue weighted by atomic mass is 10.0. The molecule has 1 fully saturated rings. The summed E-state index contributed by atoms with van der Waals surface area (Å²) in [5, 5.41) is 5.82. The van der Waals surface area contributed by atoms with Crippen molar-refractivity contribution in [3.8, 4) is 0 Å². The van der Waals surface area contributed by atoms with E-state index in [1.54, 1.807) is 24.3 Å². The van der Waals surface area contributed by atoms with Crippen LogP contribution in [0.4, 0.5) is 19.3 Å². The van der Waals surface area contributed by atoms with E-state index in [0.717, 1.165) is 23.1 Å². The van der Waals surface area contributed by atoms with Crippen LogP contribution in [-0.4, -0.2) is 39.6 Å². The first-order valence-corrected chi connectivity index (χ1v) is 10.1. The zero-order chi connectivity index (χ0) is 21.1. The molecule has 30 heavy (non-hydrogen) atoms. The molecule has 0 bridgehead atoms. The molecule has 2 amide bonds. The highest BCUT2D eigenvalue weighted by Crippen LogP contribution is 2.30. The molecule has 0 saturated carbocycles. The van der Waals surface area contributed by atoms with Crippen molar-refractivity contribution in [1.29, 1.82) is 0 Å². The summed E-state index contributed by atoms with van der Waals surface area (Å²) in [5.74, 6) is 0.374. The second-order valence-electron chi connectivity index (χ2n) is 7.56. The predicted octanol–water partition coefficient (Wildman–Crippen LogP) is 4.78. The van der Waals surface area contributed by atoms with Crippen molar-refractivity contribution in [2.24, 2.45) is 0 Å². The Morgan fingerprint density at radius 2 is 1.73 bits per heavy atom. The van der Waals surface area contributed by atoms with Gasteiger partial charge in [-0.25, -0.2) is 9.78 Å². The molecule has 2 aromatic carbocycles. The van der Waals surface area contributed by atoms with Crippen molar-refractivity contribution in [3.63, 3.8) is 0 Å². The first-order chi connectivity index (χ1) is 14.5. The van der Waals surface area contributed by atoms with Crippen LogP contribution in [0.25, 0.3) is 11.0 Å². The Labute approximate surface area is 173 Å². The molecular weight excluding hydrogens is 388 g/mol. The molecule has 1 aliphatic rings. The Morgan fingerprint density at radius 3 is 2.43 bits per heavy atom. The highest BCUT2D eigenvalue weighted by molar-refractivity contribution is 5.89. The van der Waals surface area contributed by atoms with Crippen molar-refractivity contribution in [1.82, 2.24) is 19.8 Å². The number of hydrogen-bond acceptors (Lipinski definition) is 3. The molecule has 4 rings (SSSR count). The molecule has 1 atom stereocenters. The van der Waals surface area contributed by atoms with E-state index in [2.05, 4.69) is 20.5 Å². The molecule has 1 unspecified atom stereocenters. The van der Waals surface area contributed by atoms with E-state index in [1.165, 1.54) is 0 Å². The fraction of sp³-hybridized carbons (Fsp3) is 0.364. The van der Waals surface area contributed by atoms with Crippen LogP contribution in [0.2, 0.25) is 0 Å². The van der Waals surface area contributed by atoms with Gasteiger partial charge in [-0.3, -0.25) is 9.47 Å². The lowest BCUT2D eigenvalue weighted by Gasteiger charge is -2.36. The maximum atomic E-state index is 13.8. The summed E-state index contributed by atoms with van der Waals surface area (Å²) in [7, 11) is 0. The third-order valence-electron chi connectivity index (χ3n) is 5.64. The maximum Gasteiger partial charge on any atom is 0.320 e. The van der Waals surface area contributed by atoms with Crippen LogP contribution in [0, 0.1) is 0 Å². The number of imidazole rings is 1. The average Bonchev–Trinajstić information content (AvgIpc) is 3.14. The Hall–Kier alpha value is -3.00. The summed E-state index contributed by atoms with van der Waals surface area (Å²) in [6.45, 7) is 0.666. The molecule has 1 aromatic heterocycles. The van der Waals surface area contributed by atoms with Gasteiger partial charge in [-0.05, 0) is 44.0 Å². The van der Waals surface area contributed by atoms with E-state index in [0.29, 0.717) is 29.9 Å². The first kappa shape index (κ1) is 20.3. The van der Waals surface area contributed by atoms with Gasteiger partial charge < -0.3 is 10.6 Å². The van der Waals surface area contributed by atoms with Gasteiger partial charge in [0.15, 0.2) is 0 Å². The van der Waals surface area contributed by atoms with Crippen LogP contribution in [0.15, 0.2) is 54.6 Å². The molecule has 8 heteroatoms. The number of alkyl halides is 2. The number of nitrogens with zero attached hydrogens (tertiary/aromatic N) is 3. The molecule has 3 aromatic rings. The molecule has 0 aliphatic carbocycles. The van der Waals surface area contributed by atoms with Crippen LogP contribution in [-0.2, 0) is 0 Å². The molecule has 1 aliphatic heterocycles. The quantitative estimate of drug-likeness (QED) is 0.633. The molecule has 0 radical (unpaired) electrons. The number of benzene rings is 2. The standard InChI is InChI=1S/C22H25F2N5O/c1-15(20-27-18-9-5-6-10-19(18)29(20)21(23)24)28-13-11-17(12-14-28)26-22(30)25-16-7-3-2-4-8-16/h2-10,15,17,21H,11-14H2,1H3,(H2,25,26,30). The van der Waals surface area contributed by atoms with Gasteiger partial charge >= 0.3 is 12.6 Å². The Morgan fingerprint density at radius 1 is 1.07 bits per heavy atom. The number of piperidine rings is 1. The fourth-order valence-corrected chi connectivity index (χ4v) is 4.03. The van der Waals surface area contributed by atoms with E-state index < -0.39 is 6.55 Å². The SMILES string of the molecule is CC(c1nc2ccccc2n1C(F)F)N1CCC(NC(=O)Nc2ccccc2)CC1. The number of anilines is 1. The topological polar surface area (TPSA) is 62.2 Å². The number of hydrogen-bond donors (Lipinski definition) is 2. The number of amides is 2. The van der Waals surface area contributed by atoms with Crippen LogP contribution in [0.1, 0.15) is 38.2 Å². The summed E-state index contributed by atoms with van der Waals surface area (Å²) < 4.78 is 28.5. The van der Waals surface area contributed by atoms with Gasteiger partial charge in [0.05, 0.1) is 17.1 Å². The zero-order valence-corrected chi connectivity index (χ0v) is 16.8. The lowest BCUT2D eigenvalue weighted by molar-refractivity contribution is 0.0620. The third kappa shape index (κ3) is 4.28. The van der Waals surface area contributed by atoms with Gasteiger partial charge in [-0.1, -0.05) is 30.3 Å². The van der Waals surface area contributed by atoms with Crippen molar-refractivity contribution in [3.05, 3.63) is 60.4 Å². The van der Waals surface area contributed by atoms with Crippen LogP contribution in [0.3, 0.4) is 0 Å². The number of halogens is 2. The Balaban J connectivity index is 1.38. The van der Waals surface area contributed by atoms with E-state index in [9.17, 15) is 13.6 Å². The van der Waals surface area contributed by atoms with Crippen molar-refractivity contribution < 1.29 is 13.6 Å². The second-order valence-corrected chi connectivity index (χ2v) is 7.56. The highest BCUT2D eigenvalue weighted by atomic mass is 19.3. The summed E-state index contributed by atoms with van der Waals surface area (Å²) in [6, 6.07) is 15.8. The van der Waals surface area contributed by atoms with Gasteiger partial charge in [0.25, 0.3) is 0 Å². The van der Waals surface area contributed by atoms with Gasteiger partial charge in [0, 0.05) is 24.8 Å². The number of urea groups is 1. The number of rotatable bonds is 5. The van der Waals surface area contributed by atoms with Crippen LogP contribution < -0.4 is 10.6 Å². The number of carbonyl (C=O) groups excluding carboxylic acids is 1. The summed E-state index contributed by atoms with van der Waals surface area (Å²) >= 11 is 0. The minimum absolute atomic E-state index is 0.0473. The average molecular weight is 413 g/mol. The van der Waals surface area contributed by atoms with Gasteiger partial charge in [0.2, 0.25) is 0 Å². The fourth-order valence-electron chi connectivity index (χ4n) is 4.03. The van der Waals surface area contributed by atoms with E-state index >= 15 is 0 Å². The van der Waals surface area contributed by atoms with Crippen molar-refractivity contribution >= 4 is 22.8 Å². The summed E-state index contributed by atoms with van der Waals surface area (Å²) in [4.78, 5) is 18.8. The van der Waals surface area contributed by atoms with Gasteiger partial charge in [-0.15, -0.1) is 0 Å². The molecule has 6 nitrogen and oxygen atoms in total. The van der Waals surface area contributed by atoms with Gasteiger partial charge in [0.1, 0.15) is 5.82 Å². The molecule has 1 saturated heterocycles. The molecular formula is C22H25F2N5O. The Bertz CT molecular complexity index is 999. The molecule has 2 heterocycles. The highest BCUT2D eigenvalue weighted by Gasteiger charge is 2.29. The number of likely N-dealkylation sites (tertiary alicyclic amines) is 1. The van der Waals surface area contributed by atoms with E-state index in [4.69, 9.17) is 0 Å². The zero-order valence-electron chi connectivity index (χ0n) is 16.8. The van der Waals surface area contributed by atoms with E-state index in [-0.39, 0.29) is 18.1 Å². The van der Waals surface area contributed by atoms with Crippen molar-refractivity contribution in [2.45, 2.75) is 38.4 Å². The predicted molar refractivity (Wildman–Crippen MR) is 113 cm³/mol. The summed E-state index contributed by atoms with van der Waals surface area (Å²) in [5.41, 5.74) is 1.77. The normalized spacial score (nSPS) is 16.7. The number of nitrogens with one attached hydrogen (secondary N) is 2. The van der Waals surface area contributed by atoms with E-state index in [1.807, 2.05) is 37.3 Å². The third-order valence-corrected chi connectivity index (χ3v) is 5.64. The molecule has 0 spiro atoms. The smallest absolute Gasteiger partial charge is 0.320 e. The minimum Gasteiger partial charge on any atom is -0.335 e.